The summed E-state index contributed by atoms with van der Waals surface area (Å²) in [5, 5.41) is 7.28. The number of rotatable bonds is 4. The Morgan fingerprint density at radius 1 is 1.35 bits per heavy atom. The van der Waals surface area contributed by atoms with Gasteiger partial charge in [0.2, 0.25) is 9.47 Å². The molecule has 0 aliphatic rings. The Labute approximate surface area is 106 Å². The molecule has 7 heteroatoms. The van der Waals surface area contributed by atoms with Crippen LogP contribution in [0.3, 0.4) is 0 Å². The molecule has 0 aliphatic heterocycles. The highest BCUT2D eigenvalue weighted by atomic mass is 35.5. The third-order valence-electron chi connectivity index (χ3n) is 1.84. The molecule has 0 atom stereocenters. The maximum atomic E-state index is 11.5. The van der Waals surface area contributed by atoms with Gasteiger partial charge in [-0.1, -0.05) is 41.7 Å². The fourth-order valence-corrected chi connectivity index (χ4v) is 1.81. The number of halogens is 1. The van der Waals surface area contributed by atoms with Crippen LogP contribution < -0.4 is 5.48 Å². The van der Waals surface area contributed by atoms with Gasteiger partial charge in [-0.2, -0.15) is 0 Å². The second-order valence-corrected chi connectivity index (χ2v) is 4.63. The lowest BCUT2D eigenvalue weighted by Gasteiger charge is -2.03. The van der Waals surface area contributed by atoms with Crippen LogP contribution in [0, 0.1) is 0 Å². The van der Waals surface area contributed by atoms with Crippen LogP contribution >= 0.6 is 22.9 Å². The summed E-state index contributed by atoms with van der Waals surface area (Å²) in [6.45, 7) is 0.291. The zero-order valence-electron chi connectivity index (χ0n) is 8.59. The molecule has 88 valence electrons. The molecule has 1 aromatic carbocycles. The topological polar surface area (TPSA) is 64.1 Å². The van der Waals surface area contributed by atoms with Gasteiger partial charge in [-0.25, -0.2) is 5.48 Å². The van der Waals surface area contributed by atoms with E-state index < -0.39 is 5.91 Å². The van der Waals surface area contributed by atoms with Crippen molar-refractivity contribution in [3.63, 3.8) is 0 Å². The molecule has 17 heavy (non-hydrogen) atoms. The molecule has 0 bridgehead atoms. The number of amides is 1. The number of carbonyl (C=O) groups excluding carboxylic acids is 1. The first-order chi connectivity index (χ1) is 8.25. The Morgan fingerprint density at radius 2 is 2.12 bits per heavy atom. The summed E-state index contributed by atoms with van der Waals surface area (Å²) in [5.41, 5.74) is 3.23. The van der Waals surface area contributed by atoms with Crippen molar-refractivity contribution in [1.82, 2.24) is 15.7 Å². The van der Waals surface area contributed by atoms with Gasteiger partial charge < -0.3 is 0 Å². The fourth-order valence-electron chi connectivity index (χ4n) is 1.10. The maximum Gasteiger partial charge on any atom is 0.305 e. The van der Waals surface area contributed by atoms with Gasteiger partial charge in [-0.15, -0.1) is 10.2 Å². The van der Waals surface area contributed by atoms with E-state index in [0.29, 0.717) is 6.61 Å². The van der Waals surface area contributed by atoms with Gasteiger partial charge in [-0.3, -0.25) is 9.63 Å². The number of carbonyl (C=O) groups is 1. The van der Waals surface area contributed by atoms with Crippen molar-refractivity contribution in [2.45, 2.75) is 6.61 Å². The number of hydrogen-bond acceptors (Lipinski definition) is 5. The van der Waals surface area contributed by atoms with Crippen LogP contribution in [-0.2, 0) is 11.4 Å². The summed E-state index contributed by atoms with van der Waals surface area (Å²) in [5.74, 6) is -0.453. The van der Waals surface area contributed by atoms with E-state index >= 15 is 0 Å². The lowest BCUT2D eigenvalue weighted by molar-refractivity contribution is 0.0233. The Morgan fingerprint density at radius 3 is 2.76 bits per heavy atom. The first kappa shape index (κ1) is 12.0. The molecule has 1 heterocycles. The molecule has 0 fully saturated rings. The molecular weight excluding hydrogens is 262 g/mol. The third-order valence-corrected chi connectivity index (χ3v) is 2.86. The van der Waals surface area contributed by atoms with E-state index in [4.69, 9.17) is 16.4 Å². The molecule has 5 nitrogen and oxygen atoms in total. The van der Waals surface area contributed by atoms with E-state index in [-0.39, 0.29) is 9.47 Å². The van der Waals surface area contributed by atoms with Crippen LogP contribution in [0.2, 0.25) is 4.47 Å². The molecule has 1 amide bonds. The van der Waals surface area contributed by atoms with E-state index in [0.717, 1.165) is 16.9 Å². The zero-order valence-corrected chi connectivity index (χ0v) is 10.2. The van der Waals surface area contributed by atoms with E-state index in [1.165, 1.54) is 0 Å². The number of nitrogens with zero attached hydrogens (tertiary/aromatic N) is 2. The van der Waals surface area contributed by atoms with E-state index in [1.54, 1.807) is 0 Å². The molecule has 1 aromatic heterocycles. The van der Waals surface area contributed by atoms with Gasteiger partial charge in [0.15, 0.2) is 0 Å². The van der Waals surface area contributed by atoms with Crippen molar-refractivity contribution in [3.05, 3.63) is 45.4 Å². The minimum Gasteiger partial charge on any atom is -0.269 e. The summed E-state index contributed by atoms with van der Waals surface area (Å²) in [6, 6.07) is 9.49. The Hall–Kier alpha value is -1.50. The number of nitrogens with one attached hydrogen (secondary N) is 1. The lowest BCUT2D eigenvalue weighted by Crippen LogP contribution is -2.23. The van der Waals surface area contributed by atoms with Crippen molar-refractivity contribution in [2.24, 2.45) is 0 Å². The molecule has 0 unspecified atom stereocenters. The largest absolute Gasteiger partial charge is 0.305 e. The average molecular weight is 270 g/mol. The second kappa shape index (κ2) is 5.72. The van der Waals surface area contributed by atoms with Crippen LogP contribution in [-0.4, -0.2) is 16.1 Å². The first-order valence-electron chi connectivity index (χ1n) is 4.71. The normalized spacial score (nSPS) is 10.2. The fraction of sp³-hybridized carbons (Fsp3) is 0.100. The van der Waals surface area contributed by atoms with Crippen molar-refractivity contribution < 1.29 is 9.63 Å². The van der Waals surface area contributed by atoms with Crippen molar-refractivity contribution in [3.8, 4) is 0 Å². The monoisotopic (exact) mass is 269 g/mol. The maximum absolute atomic E-state index is 11.5. The summed E-state index contributed by atoms with van der Waals surface area (Å²) in [6.07, 6.45) is 0. The van der Waals surface area contributed by atoms with E-state index in [9.17, 15) is 4.79 Å². The molecule has 0 aliphatic carbocycles. The number of aromatic nitrogens is 2. The van der Waals surface area contributed by atoms with Crippen LogP contribution in [0.5, 0.6) is 0 Å². The Bertz CT molecular complexity index is 503. The zero-order chi connectivity index (χ0) is 12.1. The van der Waals surface area contributed by atoms with Gasteiger partial charge in [0.1, 0.15) is 0 Å². The van der Waals surface area contributed by atoms with Crippen LogP contribution in [0.4, 0.5) is 0 Å². The van der Waals surface area contributed by atoms with Crippen molar-refractivity contribution in [2.75, 3.05) is 0 Å². The first-order valence-corrected chi connectivity index (χ1v) is 5.90. The molecule has 2 aromatic rings. The van der Waals surface area contributed by atoms with Crippen LogP contribution in [0.15, 0.2) is 30.3 Å². The second-order valence-electron chi connectivity index (χ2n) is 3.07. The minimum absolute atomic E-state index is 0.170. The quantitative estimate of drug-likeness (QED) is 0.863. The molecule has 0 saturated heterocycles. The highest BCUT2D eigenvalue weighted by Gasteiger charge is 2.11. The smallest absolute Gasteiger partial charge is 0.269 e. The molecule has 0 spiro atoms. The average Bonchev–Trinajstić information content (AvgIpc) is 2.77. The summed E-state index contributed by atoms with van der Waals surface area (Å²) < 4.78 is 0.221. The van der Waals surface area contributed by atoms with Crippen molar-refractivity contribution in [1.29, 1.82) is 0 Å². The standard InChI is InChI=1S/C10H8ClN3O2S/c11-10-13-12-9(17-10)8(15)14-16-6-7-4-2-1-3-5-7/h1-5H,6H2,(H,14,15). The van der Waals surface area contributed by atoms with Gasteiger partial charge in [-0.05, 0) is 17.2 Å². The van der Waals surface area contributed by atoms with Crippen LogP contribution in [0.25, 0.3) is 0 Å². The lowest BCUT2D eigenvalue weighted by atomic mass is 10.2. The highest BCUT2D eigenvalue weighted by Crippen LogP contribution is 2.14. The van der Waals surface area contributed by atoms with Gasteiger partial charge in [0.05, 0.1) is 6.61 Å². The Kier molecular flexibility index (Phi) is 4.03. The summed E-state index contributed by atoms with van der Waals surface area (Å²) in [4.78, 5) is 16.5. The summed E-state index contributed by atoms with van der Waals surface area (Å²) >= 11 is 6.55. The number of hydrogen-bond donors (Lipinski definition) is 1. The van der Waals surface area contributed by atoms with Crippen LogP contribution in [0.1, 0.15) is 15.4 Å². The van der Waals surface area contributed by atoms with Gasteiger partial charge >= 0.3 is 5.91 Å². The SMILES string of the molecule is O=C(NOCc1ccccc1)c1nnc(Cl)s1. The molecule has 0 radical (unpaired) electrons. The van der Waals surface area contributed by atoms with Crippen molar-refractivity contribution >= 4 is 28.8 Å². The van der Waals surface area contributed by atoms with Gasteiger partial charge in [0.25, 0.3) is 0 Å². The molecule has 2 rings (SSSR count). The molecular formula is C10H8ClN3O2S. The van der Waals surface area contributed by atoms with E-state index in [2.05, 4.69) is 15.7 Å². The molecule has 0 saturated carbocycles. The molecule has 1 N–H and O–H groups in total. The van der Waals surface area contributed by atoms with Gasteiger partial charge in [0, 0.05) is 0 Å². The minimum atomic E-state index is -0.453. The highest BCUT2D eigenvalue weighted by molar-refractivity contribution is 7.17. The predicted molar refractivity (Wildman–Crippen MR) is 63.6 cm³/mol. The number of hydroxylamine groups is 1. The summed E-state index contributed by atoms with van der Waals surface area (Å²) in [7, 11) is 0. The Balaban J connectivity index is 1.81. The van der Waals surface area contributed by atoms with E-state index in [1.807, 2.05) is 30.3 Å². The predicted octanol–water partition coefficient (Wildman–Crippen LogP) is 2.05. The number of benzene rings is 1. The third kappa shape index (κ3) is 3.48.